The maximum absolute atomic E-state index is 11.5. The molecule has 3 rings (SSSR count). The van der Waals surface area contributed by atoms with Crippen molar-refractivity contribution in [1.29, 1.82) is 0 Å². The largest absolute Gasteiger partial charge is 0.353 e. The molecule has 0 saturated heterocycles. The molecule has 1 N–H and O–H groups in total. The number of fused-ring (bicyclic) bond motifs is 1. The first-order valence-electron chi connectivity index (χ1n) is 8.87. The number of imidazole rings is 1. The highest BCUT2D eigenvalue weighted by Crippen LogP contribution is 2.27. The normalized spacial score (nSPS) is 11.4. The summed E-state index contributed by atoms with van der Waals surface area (Å²) in [6, 6.07) is 13.5. The van der Waals surface area contributed by atoms with Crippen molar-refractivity contribution >= 4 is 40.1 Å². The van der Waals surface area contributed by atoms with E-state index in [1.54, 1.807) is 6.08 Å². The fourth-order valence-electron chi connectivity index (χ4n) is 3.00. The number of aryl methyl sites for hydroxylation is 1. The zero-order valence-electron chi connectivity index (χ0n) is 15.1. The van der Waals surface area contributed by atoms with Gasteiger partial charge in [0.15, 0.2) is 0 Å². The molecular formula is C21H21Cl2N3O. The third kappa shape index (κ3) is 4.71. The Morgan fingerprint density at radius 3 is 2.63 bits per heavy atom. The van der Waals surface area contributed by atoms with Gasteiger partial charge in [-0.25, -0.2) is 4.98 Å². The molecule has 2 aromatic carbocycles. The first kappa shape index (κ1) is 19.5. The van der Waals surface area contributed by atoms with Gasteiger partial charge in [0.05, 0.1) is 17.6 Å². The molecule has 0 aliphatic rings. The van der Waals surface area contributed by atoms with Gasteiger partial charge in [-0.1, -0.05) is 47.5 Å². The number of nitrogens with one attached hydrogen (secondary N) is 1. The molecule has 1 heterocycles. The molecule has 0 fully saturated rings. The fourth-order valence-corrected chi connectivity index (χ4v) is 3.52. The maximum Gasteiger partial charge on any atom is 0.243 e. The SMILES string of the molecule is C/C=C\C(=O)NCCCc1nc2ccccc2n1Cc1c(Cl)cccc1Cl. The van der Waals surface area contributed by atoms with E-state index in [9.17, 15) is 4.79 Å². The zero-order valence-corrected chi connectivity index (χ0v) is 16.6. The summed E-state index contributed by atoms with van der Waals surface area (Å²) in [6.45, 7) is 2.97. The van der Waals surface area contributed by atoms with Crippen molar-refractivity contribution in [3.63, 3.8) is 0 Å². The molecule has 27 heavy (non-hydrogen) atoms. The van der Waals surface area contributed by atoms with Crippen molar-refractivity contribution in [1.82, 2.24) is 14.9 Å². The summed E-state index contributed by atoms with van der Waals surface area (Å²) < 4.78 is 2.15. The minimum Gasteiger partial charge on any atom is -0.353 e. The second-order valence-electron chi connectivity index (χ2n) is 6.20. The number of hydrogen-bond donors (Lipinski definition) is 1. The van der Waals surface area contributed by atoms with E-state index in [0.29, 0.717) is 23.1 Å². The van der Waals surface area contributed by atoms with Crippen LogP contribution in [-0.4, -0.2) is 22.0 Å². The van der Waals surface area contributed by atoms with Gasteiger partial charge >= 0.3 is 0 Å². The van der Waals surface area contributed by atoms with Gasteiger partial charge in [0, 0.05) is 28.6 Å². The number of amides is 1. The highest BCUT2D eigenvalue weighted by atomic mass is 35.5. The van der Waals surface area contributed by atoms with E-state index in [4.69, 9.17) is 28.2 Å². The van der Waals surface area contributed by atoms with Crippen molar-refractivity contribution in [3.8, 4) is 0 Å². The lowest BCUT2D eigenvalue weighted by Gasteiger charge is -2.12. The van der Waals surface area contributed by atoms with Crippen LogP contribution >= 0.6 is 23.2 Å². The van der Waals surface area contributed by atoms with Gasteiger partial charge in [0.1, 0.15) is 5.82 Å². The number of carbonyl (C=O) groups is 1. The van der Waals surface area contributed by atoms with Crippen LogP contribution < -0.4 is 5.32 Å². The summed E-state index contributed by atoms with van der Waals surface area (Å²) in [5.74, 6) is 0.876. The van der Waals surface area contributed by atoms with Crippen LogP contribution in [-0.2, 0) is 17.8 Å². The van der Waals surface area contributed by atoms with E-state index in [-0.39, 0.29) is 5.91 Å². The van der Waals surface area contributed by atoms with Crippen LogP contribution in [0.4, 0.5) is 0 Å². The lowest BCUT2D eigenvalue weighted by Crippen LogP contribution is -2.22. The van der Waals surface area contributed by atoms with Crippen LogP contribution in [0.5, 0.6) is 0 Å². The number of aromatic nitrogens is 2. The monoisotopic (exact) mass is 401 g/mol. The van der Waals surface area contributed by atoms with Crippen molar-refractivity contribution in [2.75, 3.05) is 6.54 Å². The second-order valence-corrected chi connectivity index (χ2v) is 7.01. The van der Waals surface area contributed by atoms with Gasteiger partial charge in [-0.3, -0.25) is 4.79 Å². The van der Waals surface area contributed by atoms with Crippen LogP contribution in [0.25, 0.3) is 11.0 Å². The highest BCUT2D eigenvalue weighted by molar-refractivity contribution is 6.36. The van der Waals surface area contributed by atoms with Gasteiger partial charge in [-0.15, -0.1) is 0 Å². The summed E-state index contributed by atoms with van der Waals surface area (Å²) in [4.78, 5) is 16.3. The molecule has 0 unspecified atom stereocenters. The summed E-state index contributed by atoms with van der Waals surface area (Å²) in [6.07, 6.45) is 4.78. The number of benzene rings is 2. The number of hydrogen-bond acceptors (Lipinski definition) is 2. The average molecular weight is 402 g/mol. The number of carbonyl (C=O) groups excluding carboxylic acids is 1. The molecule has 0 spiro atoms. The first-order chi connectivity index (χ1) is 13.1. The molecule has 1 amide bonds. The van der Waals surface area contributed by atoms with Gasteiger partial charge in [-0.2, -0.15) is 0 Å². The highest BCUT2D eigenvalue weighted by Gasteiger charge is 2.14. The van der Waals surface area contributed by atoms with E-state index in [1.165, 1.54) is 6.08 Å². The minimum absolute atomic E-state index is 0.0751. The minimum atomic E-state index is -0.0751. The number of allylic oxidation sites excluding steroid dienone is 1. The van der Waals surface area contributed by atoms with Crippen molar-refractivity contribution < 1.29 is 4.79 Å². The Bertz CT molecular complexity index is 958. The Morgan fingerprint density at radius 2 is 1.89 bits per heavy atom. The molecular weight excluding hydrogens is 381 g/mol. The molecule has 0 aliphatic carbocycles. The van der Waals surface area contributed by atoms with E-state index in [2.05, 4.69) is 9.88 Å². The molecule has 4 nitrogen and oxygen atoms in total. The summed E-state index contributed by atoms with van der Waals surface area (Å²) in [5.41, 5.74) is 2.86. The number of para-hydroxylation sites is 2. The fraction of sp³-hybridized carbons (Fsp3) is 0.238. The van der Waals surface area contributed by atoms with Crippen molar-refractivity contribution in [2.24, 2.45) is 0 Å². The quantitative estimate of drug-likeness (QED) is 0.446. The van der Waals surface area contributed by atoms with Crippen LogP contribution in [0.1, 0.15) is 24.7 Å². The van der Waals surface area contributed by atoms with Gasteiger partial charge in [-0.05, 0) is 43.7 Å². The standard InChI is InChI=1S/C21H21Cl2N3O/c1-2-7-21(27)24-13-6-12-20-25-18-10-3-4-11-19(18)26(20)14-15-16(22)8-5-9-17(15)23/h2-5,7-11H,6,12-14H2,1H3,(H,24,27)/b7-2-. The van der Waals surface area contributed by atoms with Crippen LogP contribution in [0.2, 0.25) is 10.0 Å². The van der Waals surface area contributed by atoms with Gasteiger partial charge in [0.2, 0.25) is 5.91 Å². The summed E-state index contributed by atoms with van der Waals surface area (Å²) in [7, 11) is 0. The van der Waals surface area contributed by atoms with Crippen LogP contribution in [0.3, 0.4) is 0 Å². The van der Waals surface area contributed by atoms with Crippen molar-refractivity contribution in [3.05, 3.63) is 76.0 Å². The van der Waals surface area contributed by atoms with Crippen LogP contribution in [0.15, 0.2) is 54.6 Å². The van der Waals surface area contributed by atoms with E-state index in [1.807, 2.05) is 49.4 Å². The Balaban J connectivity index is 1.83. The molecule has 3 aromatic rings. The van der Waals surface area contributed by atoms with Gasteiger partial charge in [0.25, 0.3) is 0 Å². The molecule has 1 aromatic heterocycles. The Morgan fingerprint density at radius 1 is 1.15 bits per heavy atom. The smallest absolute Gasteiger partial charge is 0.243 e. The lowest BCUT2D eigenvalue weighted by molar-refractivity contribution is -0.116. The number of halogens is 2. The second kappa shape index (κ2) is 9.07. The predicted molar refractivity (Wildman–Crippen MR) is 111 cm³/mol. The van der Waals surface area contributed by atoms with E-state index < -0.39 is 0 Å². The molecule has 6 heteroatoms. The third-order valence-electron chi connectivity index (χ3n) is 4.31. The number of rotatable bonds is 7. The van der Waals surface area contributed by atoms with E-state index >= 15 is 0 Å². The van der Waals surface area contributed by atoms with Crippen molar-refractivity contribution in [2.45, 2.75) is 26.3 Å². The Labute approximate surface area is 168 Å². The zero-order chi connectivity index (χ0) is 19.2. The summed E-state index contributed by atoms with van der Waals surface area (Å²) >= 11 is 12.7. The Kier molecular flexibility index (Phi) is 6.54. The lowest BCUT2D eigenvalue weighted by atomic mass is 10.2. The molecule has 140 valence electrons. The maximum atomic E-state index is 11.5. The first-order valence-corrected chi connectivity index (χ1v) is 9.63. The van der Waals surface area contributed by atoms with Crippen LogP contribution in [0, 0.1) is 0 Å². The number of nitrogens with zero attached hydrogens (tertiary/aromatic N) is 2. The molecule has 0 radical (unpaired) electrons. The molecule has 0 bridgehead atoms. The Hall–Kier alpha value is -2.30. The molecule has 0 atom stereocenters. The predicted octanol–water partition coefficient (Wildman–Crippen LogP) is 5.02. The topological polar surface area (TPSA) is 46.9 Å². The molecule has 0 aliphatic heterocycles. The average Bonchev–Trinajstić information content (AvgIpc) is 3.00. The van der Waals surface area contributed by atoms with E-state index in [0.717, 1.165) is 35.3 Å². The summed E-state index contributed by atoms with van der Waals surface area (Å²) in [5, 5.41) is 4.16. The third-order valence-corrected chi connectivity index (χ3v) is 5.01. The van der Waals surface area contributed by atoms with Gasteiger partial charge < -0.3 is 9.88 Å². The molecule has 0 saturated carbocycles.